The van der Waals surface area contributed by atoms with Crippen LogP contribution in [0.4, 0.5) is 0 Å². The summed E-state index contributed by atoms with van der Waals surface area (Å²) >= 11 is 0. The molecule has 0 saturated heterocycles. The molecule has 0 aromatic carbocycles. The van der Waals surface area contributed by atoms with E-state index in [-0.39, 0.29) is 11.2 Å². The molecule has 2 rings (SSSR count). The van der Waals surface area contributed by atoms with E-state index in [0.29, 0.717) is 18.0 Å². The highest BCUT2D eigenvalue weighted by Gasteiger charge is 2.19. The second-order valence-electron chi connectivity index (χ2n) is 5.32. The summed E-state index contributed by atoms with van der Waals surface area (Å²) in [6.07, 6.45) is 6.17. The Morgan fingerprint density at radius 2 is 1.94 bits per heavy atom. The summed E-state index contributed by atoms with van der Waals surface area (Å²) in [6.45, 7) is 4.57. The van der Waals surface area contributed by atoms with Gasteiger partial charge in [0.25, 0.3) is 5.56 Å². The summed E-state index contributed by atoms with van der Waals surface area (Å²) in [5.74, 6) is 1.27. The molecule has 0 atom stereocenters. The maximum absolute atomic E-state index is 11.9. The van der Waals surface area contributed by atoms with Crippen LogP contribution in [-0.2, 0) is 6.54 Å². The van der Waals surface area contributed by atoms with Crippen molar-refractivity contribution in [3.63, 3.8) is 0 Å². The van der Waals surface area contributed by atoms with Crippen molar-refractivity contribution in [1.82, 2.24) is 9.55 Å². The van der Waals surface area contributed by atoms with Crippen LogP contribution in [0, 0.1) is 18.8 Å². The lowest BCUT2D eigenvalue weighted by molar-refractivity contribution is 0.260. The van der Waals surface area contributed by atoms with Crippen molar-refractivity contribution in [2.75, 3.05) is 0 Å². The molecule has 0 unspecified atom stereocenters. The van der Waals surface area contributed by atoms with Gasteiger partial charge in [-0.1, -0.05) is 19.8 Å². The molecule has 1 N–H and O–H groups in total. The van der Waals surface area contributed by atoms with Crippen molar-refractivity contribution < 1.29 is 0 Å². The van der Waals surface area contributed by atoms with Gasteiger partial charge in [0.05, 0.1) is 0 Å². The third-order valence-corrected chi connectivity index (χ3v) is 3.82. The number of hydrogen-bond acceptors (Lipinski definition) is 2. The number of H-pyrrole nitrogens is 1. The van der Waals surface area contributed by atoms with E-state index in [9.17, 15) is 9.59 Å². The number of nitrogens with zero attached hydrogens (tertiary/aromatic N) is 1. The average Bonchev–Trinajstić information content (AvgIpc) is 2.32. The molecule has 1 saturated carbocycles. The van der Waals surface area contributed by atoms with Crippen molar-refractivity contribution in [2.45, 2.75) is 46.1 Å². The van der Waals surface area contributed by atoms with E-state index in [1.165, 1.54) is 23.6 Å². The first-order valence-corrected chi connectivity index (χ1v) is 6.37. The minimum atomic E-state index is -0.278. The fourth-order valence-corrected chi connectivity index (χ4v) is 2.55. The molecule has 0 amide bonds. The van der Waals surface area contributed by atoms with Crippen molar-refractivity contribution >= 4 is 0 Å². The largest absolute Gasteiger partial charge is 0.328 e. The molecule has 1 aliphatic carbocycles. The number of aromatic amines is 1. The lowest BCUT2D eigenvalue weighted by Crippen LogP contribution is -2.38. The first-order chi connectivity index (χ1) is 8.08. The van der Waals surface area contributed by atoms with Crippen LogP contribution in [0.3, 0.4) is 0 Å². The van der Waals surface area contributed by atoms with Crippen LogP contribution in [0.25, 0.3) is 0 Å². The van der Waals surface area contributed by atoms with Crippen molar-refractivity contribution in [2.24, 2.45) is 11.8 Å². The highest BCUT2D eigenvalue weighted by Crippen LogP contribution is 2.28. The first-order valence-electron chi connectivity index (χ1n) is 6.37. The zero-order valence-electron chi connectivity index (χ0n) is 10.5. The van der Waals surface area contributed by atoms with Gasteiger partial charge in [0, 0.05) is 18.3 Å². The summed E-state index contributed by atoms with van der Waals surface area (Å²) in [6, 6.07) is 0. The second-order valence-corrected chi connectivity index (χ2v) is 5.32. The van der Waals surface area contributed by atoms with Crippen molar-refractivity contribution in [1.29, 1.82) is 0 Å². The molecule has 0 aliphatic heterocycles. The Kier molecular flexibility index (Phi) is 3.50. The fraction of sp³-hybridized carbons (Fsp3) is 0.692. The van der Waals surface area contributed by atoms with Crippen LogP contribution in [0.15, 0.2) is 15.8 Å². The predicted octanol–water partition coefficient (Wildman–Crippen LogP) is 1.67. The zero-order valence-corrected chi connectivity index (χ0v) is 10.5. The van der Waals surface area contributed by atoms with Gasteiger partial charge in [0.15, 0.2) is 0 Å². The molecule has 4 heteroatoms. The molecule has 1 fully saturated rings. The number of aromatic nitrogens is 2. The second kappa shape index (κ2) is 4.90. The number of aryl methyl sites for hydroxylation is 1. The minimum Gasteiger partial charge on any atom is -0.314 e. The smallest absolute Gasteiger partial charge is 0.314 e. The van der Waals surface area contributed by atoms with Gasteiger partial charge < -0.3 is 4.98 Å². The zero-order chi connectivity index (χ0) is 12.4. The lowest BCUT2D eigenvalue weighted by Gasteiger charge is -2.26. The third kappa shape index (κ3) is 2.68. The minimum absolute atomic E-state index is 0.146. The Balaban J connectivity index is 2.17. The van der Waals surface area contributed by atoms with E-state index in [0.717, 1.165) is 18.8 Å². The molecular weight excluding hydrogens is 216 g/mol. The van der Waals surface area contributed by atoms with E-state index in [4.69, 9.17) is 0 Å². The van der Waals surface area contributed by atoms with Gasteiger partial charge in [-0.3, -0.25) is 9.36 Å². The van der Waals surface area contributed by atoms with E-state index in [1.54, 1.807) is 6.92 Å². The molecule has 1 heterocycles. The number of rotatable bonds is 2. The van der Waals surface area contributed by atoms with Crippen molar-refractivity contribution in [3.8, 4) is 0 Å². The van der Waals surface area contributed by atoms with Crippen molar-refractivity contribution in [3.05, 3.63) is 32.6 Å². The summed E-state index contributed by atoms with van der Waals surface area (Å²) in [5.41, 5.74) is 0.181. The lowest BCUT2D eigenvalue weighted by atomic mass is 9.83. The van der Waals surface area contributed by atoms with Crippen LogP contribution < -0.4 is 11.2 Å². The maximum Gasteiger partial charge on any atom is 0.328 e. The molecule has 1 aromatic rings. The van der Waals surface area contributed by atoms with Gasteiger partial charge in [-0.05, 0) is 31.6 Å². The monoisotopic (exact) mass is 236 g/mol. The molecule has 0 bridgehead atoms. The topological polar surface area (TPSA) is 54.9 Å². The van der Waals surface area contributed by atoms with Gasteiger partial charge in [-0.2, -0.15) is 0 Å². The van der Waals surface area contributed by atoms with Gasteiger partial charge in [0.2, 0.25) is 0 Å². The van der Waals surface area contributed by atoms with E-state index < -0.39 is 0 Å². The highest BCUT2D eigenvalue weighted by molar-refractivity contribution is 5.00. The molecule has 0 radical (unpaired) electrons. The number of nitrogens with one attached hydrogen (secondary N) is 1. The Hall–Kier alpha value is -1.32. The highest BCUT2D eigenvalue weighted by atomic mass is 16.2. The van der Waals surface area contributed by atoms with E-state index >= 15 is 0 Å². The molecule has 1 aliphatic rings. The Morgan fingerprint density at radius 3 is 2.59 bits per heavy atom. The average molecular weight is 236 g/mol. The standard InChI is InChI=1S/C13H20N2O2/c1-9-3-5-11(6-4-9)8-15-12(16)10(2)7-14-13(15)17/h7,9,11H,3-6,8H2,1-2H3,(H,14,17). The first kappa shape index (κ1) is 12.1. The Labute approximate surface area is 101 Å². The fourth-order valence-electron chi connectivity index (χ4n) is 2.55. The SMILES string of the molecule is Cc1c[nH]c(=O)n(CC2CCC(C)CC2)c1=O. The van der Waals surface area contributed by atoms with Gasteiger partial charge in [-0.25, -0.2) is 4.79 Å². The predicted molar refractivity (Wildman–Crippen MR) is 67.2 cm³/mol. The molecule has 1 aromatic heterocycles. The van der Waals surface area contributed by atoms with Gasteiger partial charge in [-0.15, -0.1) is 0 Å². The molecule has 4 nitrogen and oxygen atoms in total. The van der Waals surface area contributed by atoms with Gasteiger partial charge in [0.1, 0.15) is 0 Å². The maximum atomic E-state index is 11.9. The van der Waals surface area contributed by atoms with Crippen LogP contribution in [0.2, 0.25) is 0 Å². The molecular formula is C13H20N2O2. The Morgan fingerprint density at radius 1 is 1.29 bits per heavy atom. The van der Waals surface area contributed by atoms with Crippen LogP contribution in [-0.4, -0.2) is 9.55 Å². The van der Waals surface area contributed by atoms with E-state index in [2.05, 4.69) is 11.9 Å². The third-order valence-electron chi connectivity index (χ3n) is 3.82. The number of hydrogen-bond donors (Lipinski definition) is 1. The van der Waals surface area contributed by atoms with Crippen LogP contribution >= 0.6 is 0 Å². The van der Waals surface area contributed by atoms with E-state index in [1.807, 2.05) is 0 Å². The Bertz CT molecular complexity index is 493. The summed E-state index contributed by atoms with van der Waals surface area (Å²) < 4.78 is 1.36. The normalized spacial score (nSPS) is 24.8. The van der Waals surface area contributed by atoms with Crippen LogP contribution in [0.5, 0.6) is 0 Å². The molecule has 17 heavy (non-hydrogen) atoms. The summed E-state index contributed by atoms with van der Waals surface area (Å²) in [7, 11) is 0. The quantitative estimate of drug-likeness (QED) is 0.849. The summed E-state index contributed by atoms with van der Waals surface area (Å²) in [4.78, 5) is 26.1. The summed E-state index contributed by atoms with van der Waals surface area (Å²) in [5, 5.41) is 0. The van der Waals surface area contributed by atoms with Gasteiger partial charge >= 0.3 is 5.69 Å². The molecule has 94 valence electrons. The van der Waals surface area contributed by atoms with Crippen LogP contribution in [0.1, 0.15) is 38.2 Å². The molecule has 0 spiro atoms.